The van der Waals surface area contributed by atoms with Gasteiger partial charge in [0.05, 0.1) is 30.0 Å². The normalized spacial score (nSPS) is 15.9. The van der Waals surface area contributed by atoms with Crippen molar-refractivity contribution in [3.8, 4) is 11.3 Å². The number of hydrogen-bond acceptors (Lipinski definition) is 5. The molecule has 0 aliphatic heterocycles. The second-order valence-electron chi connectivity index (χ2n) is 9.49. The van der Waals surface area contributed by atoms with Gasteiger partial charge >= 0.3 is 6.18 Å². The Labute approximate surface area is 204 Å². The van der Waals surface area contributed by atoms with Crippen LogP contribution in [-0.4, -0.2) is 30.5 Å². The molecular formula is C25H23F3N6O2. The Balaban J connectivity index is 1.42. The summed E-state index contributed by atoms with van der Waals surface area (Å²) in [6, 6.07) is 7.17. The van der Waals surface area contributed by atoms with Gasteiger partial charge in [0, 0.05) is 43.0 Å². The SMILES string of the molecule is Cn1ccc(CNC(=O)c2oc3c(c2C(F)(F)F)-c2nn(Cc4ccccn4)cc2C2(CCC2)C3)n1. The Morgan fingerprint density at radius 3 is 2.67 bits per heavy atom. The summed E-state index contributed by atoms with van der Waals surface area (Å²) < 4.78 is 52.2. The maximum atomic E-state index is 14.4. The van der Waals surface area contributed by atoms with Gasteiger partial charge < -0.3 is 9.73 Å². The molecule has 1 saturated carbocycles. The van der Waals surface area contributed by atoms with Crippen LogP contribution in [-0.2, 0) is 38.1 Å². The summed E-state index contributed by atoms with van der Waals surface area (Å²) in [7, 11) is 1.72. The van der Waals surface area contributed by atoms with Crippen molar-refractivity contribution in [1.82, 2.24) is 29.9 Å². The predicted octanol–water partition coefficient (Wildman–Crippen LogP) is 4.25. The molecule has 0 unspecified atom stereocenters. The van der Waals surface area contributed by atoms with Gasteiger partial charge in [0.1, 0.15) is 17.0 Å². The van der Waals surface area contributed by atoms with E-state index in [1.165, 1.54) is 0 Å². The zero-order valence-corrected chi connectivity index (χ0v) is 19.5. The highest BCUT2D eigenvalue weighted by Gasteiger charge is 2.52. The summed E-state index contributed by atoms with van der Waals surface area (Å²) in [5.41, 5.74) is 0.772. The summed E-state index contributed by atoms with van der Waals surface area (Å²) in [5.74, 6) is -1.50. The number of carbonyl (C=O) groups is 1. The molecule has 0 bridgehead atoms. The van der Waals surface area contributed by atoms with Gasteiger partial charge in [-0.1, -0.05) is 12.5 Å². The van der Waals surface area contributed by atoms with Gasteiger partial charge in [-0.25, -0.2) is 0 Å². The minimum atomic E-state index is -4.80. The molecule has 0 aromatic carbocycles. The van der Waals surface area contributed by atoms with Crippen molar-refractivity contribution in [3.05, 3.63) is 76.9 Å². The van der Waals surface area contributed by atoms with Gasteiger partial charge in [-0.3, -0.25) is 19.1 Å². The molecule has 1 amide bonds. The lowest BCUT2D eigenvalue weighted by Crippen LogP contribution is -2.38. The van der Waals surface area contributed by atoms with Gasteiger partial charge in [-0.15, -0.1) is 0 Å². The van der Waals surface area contributed by atoms with Gasteiger partial charge in [-0.05, 0) is 31.0 Å². The van der Waals surface area contributed by atoms with E-state index in [4.69, 9.17) is 4.42 Å². The fourth-order valence-electron chi connectivity index (χ4n) is 5.28. The van der Waals surface area contributed by atoms with Crippen molar-refractivity contribution >= 4 is 5.91 Å². The Bertz CT molecular complexity index is 1450. The number of pyridine rings is 1. The number of halogens is 3. The van der Waals surface area contributed by atoms with Crippen LogP contribution in [0, 0.1) is 0 Å². The molecule has 8 nitrogen and oxygen atoms in total. The molecule has 11 heteroatoms. The Hall–Kier alpha value is -3.89. The summed E-state index contributed by atoms with van der Waals surface area (Å²) >= 11 is 0. The molecule has 0 radical (unpaired) electrons. The monoisotopic (exact) mass is 496 g/mol. The third kappa shape index (κ3) is 3.69. The van der Waals surface area contributed by atoms with Crippen LogP contribution in [0.2, 0.25) is 0 Å². The van der Waals surface area contributed by atoms with E-state index < -0.39 is 23.4 Å². The van der Waals surface area contributed by atoms with Crippen LogP contribution >= 0.6 is 0 Å². The van der Waals surface area contributed by atoms with Crippen LogP contribution < -0.4 is 5.32 Å². The number of aromatic nitrogens is 5. The number of alkyl halides is 3. The molecule has 2 aliphatic carbocycles. The second-order valence-corrected chi connectivity index (χ2v) is 9.49. The van der Waals surface area contributed by atoms with Crippen LogP contribution in [0.1, 0.15) is 58.1 Å². The number of nitrogens with one attached hydrogen (secondary N) is 1. The second kappa shape index (κ2) is 8.07. The molecule has 36 heavy (non-hydrogen) atoms. The molecule has 1 spiro atoms. The van der Waals surface area contributed by atoms with Crippen molar-refractivity contribution in [3.63, 3.8) is 0 Å². The fourth-order valence-corrected chi connectivity index (χ4v) is 5.28. The number of carbonyl (C=O) groups excluding carboxylic acids is 1. The predicted molar refractivity (Wildman–Crippen MR) is 122 cm³/mol. The van der Waals surface area contributed by atoms with E-state index in [0.29, 0.717) is 18.7 Å². The first-order valence-electron chi connectivity index (χ1n) is 11.7. The average Bonchev–Trinajstić information content (AvgIpc) is 3.52. The zero-order valence-electron chi connectivity index (χ0n) is 19.5. The van der Waals surface area contributed by atoms with Crippen LogP contribution in [0.4, 0.5) is 13.2 Å². The van der Waals surface area contributed by atoms with Crippen molar-refractivity contribution in [2.45, 2.75) is 50.4 Å². The number of amides is 1. The van der Waals surface area contributed by atoms with E-state index in [2.05, 4.69) is 20.5 Å². The lowest BCUT2D eigenvalue weighted by Gasteiger charge is -2.43. The van der Waals surface area contributed by atoms with Crippen molar-refractivity contribution in [2.75, 3.05) is 0 Å². The standard InChI is InChI=1S/C25H23F3N6O2/c1-33-10-6-15(31-33)12-30-23(35)22-20(25(26,27)28)19-18(36-22)11-24(7-4-8-24)17-14-34(32-21(17)19)13-16-5-2-3-9-29-16/h2-3,5-6,9-10,14H,4,7-8,11-13H2,1H3,(H,30,35). The molecule has 186 valence electrons. The van der Waals surface area contributed by atoms with Crippen molar-refractivity contribution in [2.24, 2.45) is 7.05 Å². The topological polar surface area (TPSA) is 90.8 Å². The molecular weight excluding hydrogens is 473 g/mol. The Morgan fingerprint density at radius 1 is 1.19 bits per heavy atom. The minimum Gasteiger partial charge on any atom is -0.454 e. The number of furan rings is 1. The maximum absolute atomic E-state index is 14.4. The first-order chi connectivity index (χ1) is 17.2. The van der Waals surface area contributed by atoms with Gasteiger partial charge in [0.25, 0.3) is 5.91 Å². The third-order valence-corrected chi connectivity index (χ3v) is 7.10. The first kappa shape index (κ1) is 22.6. The molecule has 0 atom stereocenters. The van der Waals surface area contributed by atoms with Gasteiger partial charge in [0.15, 0.2) is 0 Å². The van der Waals surface area contributed by atoms with Crippen LogP contribution in [0.25, 0.3) is 11.3 Å². The van der Waals surface area contributed by atoms with Crippen molar-refractivity contribution in [1.29, 1.82) is 0 Å². The number of fused-ring (bicyclic) bond motifs is 4. The fraction of sp³-hybridized carbons (Fsp3) is 0.360. The molecule has 1 fully saturated rings. The minimum absolute atomic E-state index is 0.0176. The molecule has 0 saturated heterocycles. The van der Waals surface area contributed by atoms with E-state index in [-0.39, 0.29) is 29.0 Å². The largest absolute Gasteiger partial charge is 0.454 e. The summed E-state index contributed by atoms with van der Waals surface area (Å²) in [6.45, 7) is 0.312. The van der Waals surface area contributed by atoms with Gasteiger partial charge in [0.2, 0.25) is 5.76 Å². The smallest absolute Gasteiger partial charge is 0.420 e. The molecule has 4 heterocycles. The molecule has 4 aromatic rings. The Morgan fingerprint density at radius 2 is 2.03 bits per heavy atom. The van der Waals surface area contributed by atoms with Gasteiger partial charge in [-0.2, -0.15) is 23.4 Å². The molecule has 6 rings (SSSR count). The maximum Gasteiger partial charge on any atom is 0.420 e. The van der Waals surface area contributed by atoms with E-state index in [0.717, 1.165) is 30.5 Å². The molecule has 4 aromatic heterocycles. The highest BCUT2D eigenvalue weighted by molar-refractivity contribution is 5.96. The number of hydrogen-bond donors (Lipinski definition) is 1. The van der Waals surface area contributed by atoms with E-state index in [1.54, 1.807) is 40.9 Å². The molecule has 2 aliphatic rings. The third-order valence-electron chi connectivity index (χ3n) is 7.10. The highest BCUT2D eigenvalue weighted by Crippen LogP contribution is 2.56. The van der Waals surface area contributed by atoms with Crippen molar-refractivity contribution < 1.29 is 22.4 Å². The van der Waals surface area contributed by atoms with Crippen LogP contribution in [0.15, 0.2) is 47.3 Å². The van der Waals surface area contributed by atoms with E-state index in [1.807, 2.05) is 18.3 Å². The number of rotatable bonds is 5. The number of aryl methyl sites for hydroxylation is 1. The molecule has 1 N–H and O–H groups in total. The lowest BCUT2D eigenvalue weighted by atomic mass is 9.59. The summed E-state index contributed by atoms with van der Waals surface area (Å²) in [4.78, 5) is 17.2. The summed E-state index contributed by atoms with van der Waals surface area (Å²) in [5, 5.41) is 11.2. The van der Waals surface area contributed by atoms with E-state index >= 15 is 0 Å². The zero-order chi connectivity index (χ0) is 25.1. The number of nitrogens with zero attached hydrogens (tertiary/aromatic N) is 5. The van der Waals surface area contributed by atoms with Crippen LogP contribution in [0.3, 0.4) is 0 Å². The first-order valence-corrected chi connectivity index (χ1v) is 11.7. The average molecular weight is 496 g/mol. The Kier molecular flexibility index (Phi) is 5.06. The van der Waals surface area contributed by atoms with Crippen LogP contribution in [0.5, 0.6) is 0 Å². The summed E-state index contributed by atoms with van der Waals surface area (Å²) in [6.07, 6.45) is 3.33. The lowest BCUT2D eigenvalue weighted by molar-refractivity contribution is -0.137. The quantitative estimate of drug-likeness (QED) is 0.446. The van der Waals surface area contributed by atoms with E-state index in [9.17, 15) is 18.0 Å². The highest BCUT2D eigenvalue weighted by atomic mass is 19.4.